The number of hydrogen-bond donors (Lipinski definition) is 2. The maximum absolute atomic E-state index is 5.55. The van der Waals surface area contributed by atoms with Gasteiger partial charge in [0.1, 0.15) is 0 Å². The average Bonchev–Trinajstić information content (AvgIpc) is 2.19. The first-order valence-corrected chi connectivity index (χ1v) is 6.27. The van der Waals surface area contributed by atoms with Crippen LogP contribution < -0.4 is 11.1 Å². The molecule has 2 nitrogen and oxygen atoms in total. The summed E-state index contributed by atoms with van der Waals surface area (Å²) in [4.78, 5) is 0. The average molecular weight is 269 g/mol. The second kappa shape index (κ2) is 4.64. The molecule has 0 unspecified atom stereocenters. The second-order valence-electron chi connectivity index (χ2n) is 4.16. The molecule has 1 aliphatic rings. The number of nitrogens with one attached hydrogen (secondary N) is 1. The van der Waals surface area contributed by atoms with Crippen LogP contribution >= 0.6 is 15.9 Å². The highest BCUT2D eigenvalue weighted by molar-refractivity contribution is 9.10. The minimum absolute atomic E-state index is 0.208. The van der Waals surface area contributed by atoms with Crippen molar-refractivity contribution in [3.8, 4) is 0 Å². The second-order valence-corrected chi connectivity index (χ2v) is 5.07. The molecule has 0 atom stereocenters. The summed E-state index contributed by atoms with van der Waals surface area (Å²) in [6.07, 6.45) is 3.77. The third-order valence-corrected chi connectivity index (χ3v) is 3.74. The van der Waals surface area contributed by atoms with Crippen molar-refractivity contribution < 1.29 is 0 Å². The molecule has 1 saturated carbocycles. The Hall–Kier alpha value is -0.380. The van der Waals surface area contributed by atoms with E-state index >= 15 is 0 Å². The molecule has 0 aromatic heterocycles. The Labute approximate surface area is 99.4 Å². The molecule has 0 saturated heterocycles. The molecule has 15 heavy (non-hydrogen) atoms. The van der Waals surface area contributed by atoms with Gasteiger partial charge in [0.05, 0.1) is 0 Å². The fraction of sp³-hybridized carbons (Fsp3) is 0.500. The van der Waals surface area contributed by atoms with Crippen LogP contribution in [-0.2, 0) is 5.54 Å². The molecule has 0 amide bonds. The van der Waals surface area contributed by atoms with Crippen LogP contribution in [-0.4, -0.2) is 13.1 Å². The summed E-state index contributed by atoms with van der Waals surface area (Å²) in [5.74, 6) is 0. The molecule has 0 spiro atoms. The quantitative estimate of drug-likeness (QED) is 0.880. The summed E-state index contributed by atoms with van der Waals surface area (Å²) in [6.45, 7) is 1.61. The first kappa shape index (κ1) is 11.1. The van der Waals surface area contributed by atoms with Gasteiger partial charge in [0, 0.05) is 23.1 Å². The lowest BCUT2D eigenvalue weighted by Crippen LogP contribution is -2.49. The number of benzene rings is 1. The molecule has 0 bridgehead atoms. The molecule has 3 heteroatoms. The van der Waals surface area contributed by atoms with E-state index in [1.54, 1.807) is 0 Å². The zero-order chi connectivity index (χ0) is 10.7. The van der Waals surface area contributed by atoms with Gasteiger partial charge in [-0.05, 0) is 37.0 Å². The van der Waals surface area contributed by atoms with E-state index in [0.29, 0.717) is 6.54 Å². The van der Waals surface area contributed by atoms with Crippen LogP contribution in [0.1, 0.15) is 24.8 Å². The summed E-state index contributed by atoms with van der Waals surface area (Å²) >= 11 is 3.46. The highest BCUT2D eigenvalue weighted by Crippen LogP contribution is 2.41. The maximum Gasteiger partial charge on any atom is 0.0435 e. The Balaban J connectivity index is 2.14. The molecule has 0 radical (unpaired) electrons. The van der Waals surface area contributed by atoms with Crippen molar-refractivity contribution >= 4 is 15.9 Å². The maximum atomic E-state index is 5.55. The lowest BCUT2D eigenvalue weighted by Gasteiger charge is -2.43. The van der Waals surface area contributed by atoms with Crippen LogP contribution in [0.15, 0.2) is 28.7 Å². The topological polar surface area (TPSA) is 38.0 Å². The predicted molar refractivity (Wildman–Crippen MR) is 66.7 cm³/mol. The van der Waals surface area contributed by atoms with Crippen LogP contribution in [0.2, 0.25) is 0 Å². The van der Waals surface area contributed by atoms with Gasteiger partial charge in [-0.1, -0.05) is 28.1 Å². The minimum Gasteiger partial charge on any atom is -0.329 e. The summed E-state index contributed by atoms with van der Waals surface area (Å²) < 4.78 is 1.14. The van der Waals surface area contributed by atoms with Crippen LogP contribution in [0.5, 0.6) is 0 Å². The van der Waals surface area contributed by atoms with Crippen molar-refractivity contribution in [1.82, 2.24) is 5.32 Å². The predicted octanol–water partition coefficient (Wildman–Crippen LogP) is 2.38. The zero-order valence-corrected chi connectivity index (χ0v) is 10.4. The molecule has 3 N–H and O–H groups in total. The highest BCUT2D eigenvalue weighted by Gasteiger charge is 2.37. The summed E-state index contributed by atoms with van der Waals surface area (Å²) in [5.41, 5.74) is 7.15. The van der Waals surface area contributed by atoms with E-state index in [1.807, 2.05) is 0 Å². The van der Waals surface area contributed by atoms with Gasteiger partial charge in [-0.15, -0.1) is 0 Å². The highest BCUT2D eigenvalue weighted by atomic mass is 79.9. The third kappa shape index (κ3) is 2.25. The smallest absolute Gasteiger partial charge is 0.0435 e. The van der Waals surface area contributed by atoms with Crippen LogP contribution in [0.4, 0.5) is 0 Å². The fourth-order valence-corrected chi connectivity index (χ4v) is 2.44. The largest absolute Gasteiger partial charge is 0.329 e. The van der Waals surface area contributed by atoms with Gasteiger partial charge < -0.3 is 11.1 Å². The van der Waals surface area contributed by atoms with E-state index < -0.39 is 0 Å². The van der Waals surface area contributed by atoms with Crippen molar-refractivity contribution in [2.24, 2.45) is 5.73 Å². The number of halogens is 1. The minimum atomic E-state index is 0.208. The SMILES string of the molecule is NCCNC1(c2ccc(Br)cc2)CCC1. The first-order chi connectivity index (χ1) is 7.27. The Morgan fingerprint density at radius 3 is 2.40 bits per heavy atom. The van der Waals surface area contributed by atoms with E-state index in [2.05, 4.69) is 45.5 Å². The number of rotatable bonds is 4. The summed E-state index contributed by atoms with van der Waals surface area (Å²) in [6, 6.07) is 8.62. The lowest BCUT2D eigenvalue weighted by molar-refractivity contribution is 0.188. The molecule has 0 heterocycles. The molecular formula is C12H17BrN2. The molecule has 1 aromatic carbocycles. The van der Waals surface area contributed by atoms with Gasteiger partial charge in [-0.2, -0.15) is 0 Å². The lowest BCUT2D eigenvalue weighted by atomic mass is 9.72. The van der Waals surface area contributed by atoms with Gasteiger partial charge in [0.2, 0.25) is 0 Å². The molecule has 2 rings (SSSR count). The van der Waals surface area contributed by atoms with Crippen molar-refractivity contribution in [2.75, 3.05) is 13.1 Å². The van der Waals surface area contributed by atoms with Crippen molar-refractivity contribution in [3.05, 3.63) is 34.3 Å². The summed E-state index contributed by atoms with van der Waals surface area (Å²) in [7, 11) is 0. The number of nitrogens with two attached hydrogens (primary N) is 1. The zero-order valence-electron chi connectivity index (χ0n) is 8.80. The van der Waals surface area contributed by atoms with Crippen LogP contribution in [0, 0.1) is 0 Å². The normalized spacial score (nSPS) is 18.5. The first-order valence-electron chi connectivity index (χ1n) is 5.48. The van der Waals surface area contributed by atoms with Crippen LogP contribution in [0.25, 0.3) is 0 Å². The molecule has 1 fully saturated rings. The van der Waals surface area contributed by atoms with Gasteiger partial charge in [0.15, 0.2) is 0 Å². The van der Waals surface area contributed by atoms with E-state index in [0.717, 1.165) is 11.0 Å². The van der Waals surface area contributed by atoms with Gasteiger partial charge in [0.25, 0.3) is 0 Å². The molecular weight excluding hydrogens is 252 g/mol. The Morgan fingerprint density at radius 1 is 1.27 bits per heavy atom. The van der Waals surface area contributed by atoms with Crippen molar-refractivity contribution in [3.63, 3.8) is 0 Å². The monoisotopic (exact) mass is 268 g/mol. The third-order valence-electron chi connectivity index (χ3n) is 3.21. The van der Waals surface area contributed by atoms with E-state index in [1.165, 1.54) is 24.8 Å². The van der Waals surface area contributed by atoms with Gasteiger partial charge >= 0.3 is 0 Å². The molecule has 1 aliphatic carbocycles. The van der Waals surface area contributed by atoms with Gasteiger partial charge in [-0.25, -0.2) is 0 Å². The fourth-order valence-electron chi connectivity index (χ4n) is 2.18. The standard InChI is InChI=1S/C12H17BrN2/c13-11-4-2-10(3-5-11)12(6-1-7-12)15-9-8-14/h2-5,15H,1,6-9,14H2. The molecule has 1 aromatic rings. The van der Waals surface area contributed by atoms with Crippen LogP contribution in [0.3, 0.4) is 0 Å². The van der Waals surface area contributed by atoms with E-state index in [9.17, 15) is 0 Å². The number of hydrogen-bond acceptors (Lipinski definition) is 2. The molecule has 82 valence electrons. The molecule has 0 aliphatic heterocycles. The van der Waals surface area contributed by atoms with E-state index in [-0.39, 0.29) is 5.54 Å². The Kier molecular flexibility index (Phi) is 3.44. The van der Waals surface area contributed by atoms with E-state index in [4.69, 9.17) is 5.73 Å². The Morgan fingerprint density at radius 2 is 1.93 bits per heavy atom. The summed E-state index contributed by atoms with van der Waals surface area (Å²) in [5, 5.41) is 3.58. The van der Waals surface area contributed by atoms with Gasteiger partial charge in [-0.3, -0.25) is 0 Å². The van der Waals surface area contributed by atoms with Crippen molar-refractivity contribution in [1.29, 1.82) is 0 Å². The Bertz CT molecular complexity index is 317. The van der Waals surface area contributed by atoms with Crippen molar-refractivity contribution in [2.45, 2.75) is 24.8 Å².